The number of halogens is 1. The van der Waals surface area contributed by atoms with Crippen molar-refractivity contribution < 1.29 is 0 Å². The van der Waals surface area contributed by atoms with Gasteiger partial charge in [0, 0.05) is 4.47 Å². The Morgan fingerprint density at radius 3 is 2.00 bits per heavy atom. The summed E-state index contributed by atoms with van der Waals surface area (Å²) < 4.78 is 1.08. The number of hydrogen-bond donors (Lipinski definition) is 0. The molecule has 0 radical (unpaired) electrons. The zero-order valence-corrected chi connectivity index (χ0v) is 20.0. The van der Waals surface area contributed by atoms with Crippen LogP contribution in [0.3, 0.4) is 0 Å². The Labute approximate surface area is 199 Å². The molecule has 3 aromatic carbocycles. The normalized spacial score (nSPS) is 17.7. The van der Waals surface area contributed by atoms with E-state index >= 15 is 0 Å². The third-order valence-electron chi connectivity index (χ3n) is 6.79. The fourth-order valence-electron chi connectivity index (χ4n) is 5.78. The molecule has 0 aromatic heterocycles. The molecule has 0 nitrogen and oxygen atoms in total. The van der Waals surface area contributed by atoms with Gasteiger partial charge in [-0.25, -0.2) is 0 Å². The van der Waals surface area contributed by atoms with E-state index in [1.807, 2.05) is 12.2 Å². The molecule has 0 atom stereocenters. The van der Waals surface area contributed by atoms with Crippen LogP contribution >= 0.6 is 15.9 Å². The average Bonchev–Trinajstić information content (AvgIpc) is 3.26. The van der Waals surface area contributed by atoms with E-state index in [9.17, 15) is 0 Å². The van der Waals surface area contributed by atoms with Crippen molar-refractivity contribution in [2.24, 2.45) is 0 Å². The summed E-state index contributed by atoms with van der Waals surface area (Å²) in [6.45, 7) is 12.5. The van der Waals surface area contributed by atoms with Crippen LogP contribution in [0.5, 0.6) is 0 Å². The first kappa shape index (κ1) is 20.7. The van der Waals surface area contributed by atoms with Crippen LogP contribution in [0, 0.1) is 0 Å². The van der Waals surface area contributed by atoms with Gasteiger partial charge in [-0.05, 0) is 75.6 Å². The molecular formula is C31H25Br. The third kappa shape index (κ3) is 2.49. The van der Waals surface area contributed by atoms with Crippen molar-refractivity contribution in [3.8, 4) is 11.1 Å². The summed E-state index contributed by atoms with van der Waals surface area (Å²) in [5.74, 6) is 0. The minimum atomic E-state index is -0.360. The summed E-state index contributed by atoms with van der Waals surface area (Å²) in [5, 5.41) is 0. The van der Waals surface area contributed by atoms with Gasteiger partial charge in [-0.2, -0.15) is 0 Å². The quantitative estimate of drug-likeness (QED) is 0.353. The maximum absolute atomic E-state index is 4.21. The Balaban J connectivity index is 2.05. The molecule has 1 spiro atoms. The summed E-state index contributed by atoms with van der Waals surface area (Å²) in [7, 11) is 0. The van der Waals surface area contributed by atoms with Gasteiger partial charge in [0.2, 0.25) is 0 Å². The van der Waals surface area contributed by atoms with E-state index in [-0.39, 0.29) is 5.41 Å². The van der Waals surface area contributed by atoms with Crippen LogP contribution in [-0.4, -0.2) is 0 Å². The molecule has 156 valence electrons. The molecule has 0 N–H and O–H groups in total. The molecule has 0 bridgehead atoms. The van der Waals surface area contributed by atoms with E-state index in [1.165, 1.54) is 44.5 Å². The number of allylic oxidation sites excluding steroid dienone is 6. The zero-order chi connectivity index (χ0) is 22.5. The molecule has 0 saturated heterocycles. The van der Waals surface area contributed by atoms with Crippen LogP contribution in [0.15, 0.2) is 102 Å². The van der Waals surface area contributed by atoms with Gasteiger partial charge in [-0.3, -0.25) is 0 Å². The minimum absolute atomic E-state index is 0.360. The molecule has 3 aromatic rings. The largest absolute Gasteiger partial charge is 0.0990 e. The lowest BCUT2D eigenvalue weighted by Gasteiger charge is -2.31. The Morgan fingerprint density at radius 2 is 1.47 bits per heavy atom. The molecule has 1 heteroatoms. The molecular weight excluding hydrogens is 452 g/mol. The number of benzene rings is 3. The van der Waals surface area contributed by atoms with E-state index in [2.05, 4.69) is 122 Å². The van der Waals surface area contributed by atoms with Crippen LogP contribution < -0.4 is 0 Å². The van der Waals surface area contributed by atoms with E-state index in [1.54, 1.807) is 0 Å². The van der Waals surface area contributed by atoms with E-state index < -0.39 is 0 Å². The van der Waals surface area contributed by atoms with Gasteiger partial charge in [-0.1, -0.05) is 114 Å². The van der Waals surface area contributed by atoms with E-state index in [0.29, 0.717) is 0 Å². The molecule has 0 heterocycles. The smallest absolute Gasteiger partial charge is 0.0722 e. The maximum Gasteiger partial charge on any atom is 0.0722 e. The van der Waals surface area contributed by atoms with E-state index in [0.717, 1.165) is 15.6 Å². The van der Waals surface area contributed by atoms with Crippen LogP contribution in [0.25, 0.3) is 28.9 Å². The van der Waals surface area contributed by atoms with Crippen LogP contribution in [0.2, 0.25) is 0 Å². The molecule has 2 aliphatic carbocycles. The number of fused-ring (bicyclic) bond motifs is 7. The van der Waals surface area contributed by atoms with Gasteiger partial charge in [0.1, 0.15) is 0 Å². The zero-order valence-electron chi connectivity index (χ0n) is 18.5. The summed E-state index contributed by atoms with van der Waals surface area (Å²) in [4.78, 5) is 0. The summed E-state index contributed by atoms with van der Waals surface area (Å²) >= 11 is 3.90. The Bertz CT molecular complexity index is 1330. The topological polar surface area (TPSA) is 0 Å². The minimum Gasteiger partial charge on any atom is -0.0990 e. The number of hydrogen-bond acceptors (Lipinski definition) is 0. The summed E-state index contributed by atoms with van der Waals surface area (Å²) in [5.41, 5.74) is 12.3. The lowest BCUT2D eigenvalue weighted by molar-refractivity contribution is 0.792. The molecule has 0 fully saturated rings. The number of rotatable bonds is 3. The second kappa shape index (κ2) is 7.76. The van der Waals surface area contributed by atoms with Gasteiger partial charge in [0.15, 0.2) is 0 Å². The molecule has 0 amide bonds. The van der Waals surface area contributed by atoms with Gasteiger partial charge in [0.25, 0.3) is 0 Å². The highest BCUT2D eigenvalue weighted by atomic mass is 79.9. The second-order valence-electron chi connectivity index (χ2n) is 8.17. The standard InChI is InChI=1S/C31H25Br/c1-5-13-23-20(7-3)30-24(14-6-2)25(8-4)31(28(30)19-29(23)32)26-17-11-9-15-21(26)22-16-10-12-18-27(22)31/h5-19H,2-3H2,1,4H3/b13-5-,24-14+,25-8+. The Morgan fingerprint density at radius 1 is 0.844 bits per heavy atom. The van der Waals surface area contributed by atoms with Gasteiger partial charge < -0.3 is 0 Å². The fraction of sp³-hybridized carbons (Fsp3) is 0.0968. The van der Waals surface area contributed by atoms with Gasteiger partial charge in [0.05, 0.1) is 5.41 Å². The van der Waals surface area contributed by atoms with Crippen molar-refractivity contribution in [3.05, 3.63) is 135 Å². The first-order chi connectivity index (χ1) is 15.6. The van der Waals surface area contributed by atoms with E-state index in [4.69, 9.17) is 0 Å². The first-order valence-electron chi connectivity index (χ1n) is 11.0. The van der Waals surface area contributed by atoms with Crippen molar-refractivity contribution in [2.45, 2.75) is 19.3 Å². The fourth-order valence-corrected chi connectivity index (χ4v) is 6.35. The van der Waals surface area contributed by atoms with Crippen LogP contribution in [0.1, 0.15) is 47.2 Å². The molecule has 0 saturated carbocycles. The third-order valence-corrected chi connectivity index (χ3v) is 7.44. The monoisotopic (exact) mass is 476 g/mol. The predicted molar refractivity (Wildman–Crippen MR) is 143 cm³/mol. The second-order valence-corrected chi connectivity index (χ2v) is 9.03. The SMILES string of the molecule is C=C/C=C1\C(=C/C)C2(c3ccccc3-c3ccccc32)c2cc(Br)c(/C=C\C)c(C=C)c21. The average molecular weight is 477 g/mol. The molecule has 32 heavy (non-hydrogen) atoms. The summed E-state index contributed by atoms with van der Waals surface area (Å²) in [6, 6.07) is 20.0. The van der Waals surface area contributed by atoms with Gasteiger partial charge >= 0.3 is 0 Å². The first-order valence-corrected chi connectivity index (χ1v) is 11.8. The summed E-state index contributed by atoms with van der Waals surface area (Å²) in [6.07, 6.45) is 12.6. The Hall–Kier alpha value is -3.16. The maximum atomic E-state index is 4.21. The van der Waals surface area contributed by atoms with Crippen LogP contribution in [-0.2, 0) is 5.41 Å². The van der Waals surface area contributed by atoms with Gasteiger partial charge in [-0.15, -0.1) is 0 Å². The van der Waals surface area contributed by atoms with Crippen molar-refractivity contribution in [1.82, 2.24) is 0 Å². The van der Waals surface area contributed by atoms with Crippen molar-refractivity contribution in [2.75, 3.05) is 0 Å². The molecule has 5 rings (SSSR count). The Kier molecular flexibility index (Phi) is 5.03. The predicted octanol–water partition coefficient (Wildman–Crippen LogP) is 8.97. The van der Waals surface area contributed by atoms with Crippen molar-refractivity contribution in [1.29, 1.82) is 0 Å². The highest BCUT2D eigenvalue weighted by molar-refractivity contribution is 9.10. The lowest BCUT2D eigenvalue weighted by Crippen LogP contribution is -2.26. The molecule has 0 unspecified atom stereocenters. The highest BCUT2D eigenvalue weighted by Gasteiger charge is 2.53. The highest BCUT2D eigenvalue weighted by Crippen LogP contribution is 2.64. The van der Waals surface area contributed by atoms with Crippen LogP contribution in [0.4, 0.5) is 0 Å². The molecule has 2 aliphatic rings. The lowest BCUT2D eigenvalue weighted by atomic mass is 9.70. The van der Waals surface area contributed by atoms with Crippen molar-refractivity contribution in [3.63, 3.8) is 0 Å². The molecule has 0 aliphatic heterocycles. The van der Waals surface area contributed by atoms with Crippen molar-refractivity contribution >= 4 is 33.7 Å².